The Hall–Kier alpha value is -3.56. The van der Waals surface area contributed by atoms with E-state index in [9.17, 15) is 4.79 Å². The molecule has 3 heterocycles. The molecule has 0 unspecified atom stereocenters. The number of carbonyl (C=O) groups is 1. The molecule has 2 aromatic carbocycles. The molecular formula is C28H32N4O4S. The third-order valence-corrected chi connectivity index (χ3v) is 7.44. The van der Waals surface area contributed by atoms with Crippen LogP contribution >= 0.6 is 11.3 Å². The largest absolute Gasteiger partial charge is 0.494 e. The van der Waals surface area contributed by atoms with Crippen LogP contribution in [-0.2, 0) is 4.74 Å². The average molecular weight is 521 g/mol. The molecule has 37 heavy (non-hydrogen) atoms. The second kappa shape index (κ2) is 12.1. The summed E-state index contributed by atoms with van der Waals surface area (Å²) in [5, 5.41) is 6.91. The number of thiophene rings is 1. The molecule has 0 spiro atoms. The molecule has 1 amide bonds. The molecule has 8 nitrogen and oxygen atoms in total. The van der Waals surface area contributed by atoms with Gasteiger partial charge in [0.2, 0.25) is 12.7 Å². The Labute approximate surface area is 220 Å². The van der Waals surface area contributed by atoms with E-state index in [1.807, 2.05) is 35.6 Å². The van der Waals surface area contributed by atoms with Gasteiger partial charge in [-0.25, -0.2) is 9.78 Å². The molecule has 1 N–H and O–H groups in total. The first-order valence-electron chi connectivity index (χ1n) is 12.6. The zero-order chi connectivity index (χ0) is 25.5. The van der Waals surface area contributed by atoms with Gasteiger partial charge in [-0.3, -0.25) is 4.90 Å². The Bertz CT molecular complexity index is 1340. The van der Waals surface area contributed by atoms with E-state index in [4.69, 9.17) is 14.2 Å². The highest BCUT2D eigenvalue weighted by molar-refractivity contribution is 7.17. The van der Waals surface area contributed by atoms with Crippen LogP contribution in [-0.4, -0.2) is 69.1 Å². The summed E-state index contributed by atoms with van der Waals surface area (Å²) in [6.07, 6.45) is 1.56. The second-order valence-electron chi connectivity index (χ2n) is 8.94. The van der Waals surface area contributed by atoms with Crippen molar-refractivity contribution < 1.29 is 19.0 Å². The first-order valence-corrected chi connectivity index (χ1v) is 13.5. The number of unbranched alkanes of at least 4 members (excludes halogenated alkanes) is 1. The van der Waals surface area contributed by atoms with Crippen molar-refractivity contribution in [3.05, 3.63) is 60.0 Å². The van der Waals surface area contributed by atoms with E-state index >= 15 is 0 Å². The molecule has 1 aliphatic heterocycles. The summed E-state index contributed by atoms with van der Waals surface area (Å²) >= 11 is 1.81. The Morgan fingerprint density at radius 2 is 1.89 bits per heavy atom. The smallest absolute Gasteiger partial charge is 0.409 e. The van der Waals surface area contributed by atoms with Gasteiger partial charge in [0.05, 0.1) is 12.1 Å². The summed E-state index contributed by atoms with van der Waals surface area (Å²) in [7, 11) is 1.49. The van der Waals surface area contributed by atoms with Crippen molar-refractivity contribution in [1.29, 1.82) is 0 Å². The van der Waals surface area contributed by atoms with Crippen molar-refractivity contribution >= 4 is 44.1 Å². The number of nitrogens with zero attached hydrogens (tertiary/aromatic N) is 3. The van der Waals surface area contributed by atoms with Gasteiger partial charge in [-0.15, -0.1) is 11.3 Å². The van der Waals surface area contributed by atoms with E-state index in [-0.39, 0.29) is 6.79 Å². The lowest BCUT2D eigenvalue weighted by Crippen LogP contribution is -2.46. The molecule has 0 bridgehead atoms. The minimum Gasteiger partial charge on any atom is -0.494 e. The van der Waals surface area contributed by atoms with Crippen LogP contribution < -0.4 is 19.7 Å². The van der Waals surface area contributed by atoms with Crippen molar-refractivity contribution in [3.8, 4) is 11.6 Å². The molecule has 9 heteroatoms. The van der Waals surface area contributed by atoms with Crippen LogP contribution in [0.4, 0.5) is 10.5 Å². The Morgan fingerprint density at radius 3 is 2.76 bits per heavy atom. The first kappa shape index (κ1) is 25.1. The lowest BCUT2D eigenvalue weighted by Gasteiger charge is -2.36. The zero-order valence-electron chi connectivity index (χ0n) is 21.0. The highest BCUT2D eigenvalue weighted by Crippen LogP contribution is 2.31. The fourth-order valence-corrected chi connectivity index (χ4v) is 5.37. The Morgan fingerprint density at radius 1 is 1.03 bits per heavy atom. The van der Waals surface area contributed by atoms with Crippen LogP contribution in [0.25, 0.3) is 21.0 Å². The summed E-state index contributed by atoms with van der Waals surface area (Å²) in [6.45, 7) is 5.89. The zero-order valence-corrected chi connectivity index (χ0v) is 21.8. The maximum absolute atomic E-state index is 11.1. The van der Waals surface area contributed by atoms with E-state index in [1.54, 1.807) is 6.07 Å². The number of anilines is 1. The summed E-state index contributed by atoms with van der Waals surface area (Å²) in [6, 6.07) is 18.4. The number of hydrogen-bond acceptors (Lipinski definition) is 8. The fraction of sp³-hybridized carbons (Fsp3) is 0.357. The predicted molar refractivity (Wildman–Crippen MR) is 148 cm³/mol. The summed E-state index contributed by atoms with van der Waals surface area (Å²) in [5.41, 5.74) is 2.14. The minimum atomic E-state index is -0.550. The molecule has 1 fully saturated rings. The van der Waals surface area contributed by atoms with Crippen LogP contribution in [0.3, 0.4) is 0 Å². The van der Waals surface area contributed by atoms with Gasteiger partial charge in [0.25, 0.3) is 0 Å². The van der Waals surface area contributed by atoms with Gasteiger partial charge >= 0.3 is 6.09 Å². The molecule has 5 rings (SSSR count). The third-order valence-electron chi connectivity index (χ3n) is 6.56. The van der Waals surface area contributed by atoms with E-state index < -0.39 is 6.09 Å². The fourth-order valence-electron chi connectivity index (χ4n) is 4.56. The maximum atomic E-state index is 11.1. The monoisotopic (exact) mass is 520 g/mol. The van der Waals surface area contributed by atoms with Crippen molar-refractivity contribution in [1.82, 2.24) is 15.2 Å². The van der Waals surface area contributed by atoms with Crippen molar-refractivity contribution in [2.24, 2.45) is 0 Å². The van der Waals surface area contributed by atoms with Crippen LogP contribution in [0.1, 0.15) is 12.8 Å². The van der Waals surface area contributed by atoms with E-state index in [1.165, 1.54) is 22.8 Å². The van der Waals surface area contributed by atoms with E-state index in [2.05, 4.69) is 49.7 Å². The lowest BCUT2D eigenvalue weighted by molar-refractivity contribution is 0.0583. The SMILES string of the molecule is CNC(=O)OCOc1ccc2ccc(OCCCCN3CCN(c4cccc5sccc45)CC3)cc2n1. The molecule has 1 saturated heterocycles. The highest BCUT2D eigenvalue weighted by Gasteiger charge is 2.18. The molecule has 0 saturated carbocycles. The summed E-state index contributed by atoms with van der Waals surface area (Å²) in [5.74, 6) is 1.18. The predicted octanol–water partition coefficient (Wildman–Crippen LogP) is 5.12. The molecule has 0 aliphatic carbocycles. The number of nitrogens with one attached hydrogen (secondary N) is 1. The van der Waals surface area contributed by atoms with Gasteiger partial charge in [-0.05, 0) is 61.2 Å². The second-order valence-corrected chi connectivity index (χ2v) is 9.89. The number of aromatic nitrogens is 1. The van der Waals surface area contributed by atoms with Crippen LogP contribution in [0.15, 0.2) is 60.0 Å². The molecule has 0 atom stereocenters. The quantitative estimate of drug-likeness (QED) is 0.230. The van der Waals surface area contributed by atoms with Crippen molar-refractivity contribution in [2.45, 2.75) is 12.8 Å². The van der Waals surface area contributed by atoms with Gasteiger partial charge in [0.1, 0.15) is 5.75 Å². The number of rotatable bonds is 10. The number of carbonyl (C=O) groups excluding carboxylic acids is 1. The summed E-state index contributed by atoms with van der Waals surface area (Å²) < 4.78 is 17.6. The Kier molecular flexibility index (Phi) is 8.22. The topological polar surface area (TPSA) is 76.2 Å². The third kappa shape index (κ3) is 6.42. The van der Waals surface area contributed by atoms with Gasteiger partial charge in [0, 0.05) is 66.5 Å². The molecule has 1 aliphatic rings. The number of piperazine rings is 1. The molecule has 0 radical (unpaired) electrons. The first-order chi connectivity index (χ1) is 18.2. The Balaban J connectivity index is 1.03. The van der Waals surface area contributed by atoms with Crippen LogP contribution in [0, 0.1) is 0 Å². The molecular weight excluding hydrogens is 488 g/mol. The van der Waals surface area contributed by atoms with Crippen LogP contribution in [0.5, 0.6) is 11.6 Å². The van der Waals surface area contributed by atoms with Gasteiger partial charge in [-0.2, -0.15) is 0 Å². The van der Waals surface area contributed by atoms with Crippen molar-refractivity contribution in [2.75, 3.05) is 58.1 Å². The van der Waals surface area contributed by atoms with E-state index in [0.29, 0.717) is 12.5 Å². The molecule has 2 aromatic heterocycles. The molecule has 4 aromatic rings. The van der Waals surface area contributed by atoms with Crippen molar-refractivity contribution in [3.63, 3.8) is 0 Å². The normalized spacial score (nSPS) is 14.1. The maximum Gasteiger partial charge on any atom is 0.409 e. The number of benzene rings is 2. The summed E-state index contributed by atoms with van der Waals surface area (Å²) in [4.78, 5) is 20.7. The number of alkyl carbamates (subject to hydrolysis) is 1. The molecule has 194 valence electrons. The standard InChI is InChI=1S/C28H32N4O4S/c1-29-28(33)36-20-35-27-10-8-21-7-9-22(19-24(21)30-27)34-17-3-2-12-31-13-15-32(16-14-31)25-5-4-6-26-23(25)11-18-37-26/h4-11,18-19H,2-3,12-17,20H2,1H3,(H,29,33). The van der Waals surface area contributed by atoms with Gasteiger partial charge < -0.3 is 24.4 Å². The number of amides is 1. The van der Waals surface area contributed by atoms with Gasteiger partial charge in [0.15, 0.2) is 0 Å². The highest BCUT2D eigenvalue weighted by atomic mass is 32.1. The average Bonchev–Trinajstić information content (AvgIpc) is 3.42. The van der Waals surface area contributed by atoms with E-state index in [0.717, 1.165) is 62.2 Å². The van der Waals surface area contributed by atoms with Gasteiger partial charge in [-0.1, -0.05) is 6.07 Å². The number of ether oxygens (including phenoxy) is 3. The number of hydrogen-bond donors (Lipinski definition) is 1. The number of pyridine rings is 1. The van der Waals surface area contributed by atoms with Crippen LogP contribution in [0.2, 0.25) is 0 Å². The minimum absolute atomic E-state index is 0.200. The number of fused-ring (bicyclic) bond motifs is 2. The lowest BCUT2D eigenvalue weighted by atomic mass is 10.2.